The molecule has 0 amide bonds. The maximum atomic E-state index is 11.3. The van der Waals surface area contributed by atoms with E-state index in [1.165, 1.54) is 18.3 Å². The molecule has 0 bridgehead atoms. The highest BCUT2D eigenvalue weighted by Gasteiger charge is 2.09. The minimum absolute atomic E-state index is 0.152. The molecular formula is C11H9Cl2N3O2. The Labute approximate surface area is 114 Å². The van der Waals surface area contributed by atoms with Gasteiger partial charge in [-0.2, -0.15) is 5.26 Å². The number of esters is 1. The number of aromatic nitrogens is 1. The zero-order valence-corrected chi connectivity index (χ0v) is 10.9. The lowest BCUT2D eigenvalue weighted by atomic mass is 10.3. The summed E-state index contributed by atoms with van der Waals surface area (Å²) in [5.41, 5.74) is 0.359. The predicted octanol–water partition coefficient (Wildman–Crippen LogP) is 2.77. The van der Waals surface area contributed by atoms with Crippen LogP contribution in [-0.4, -0.2) is 17.6 Å². The number of hydrogen-bond donors (Lipinski definition) is 1. The number of anilines is 1. The van der Waals surface area contributed by atoms with Crippen LogP contribution in [-0.2, 0) is 9.53 Å². The summed E-state index contributed by atoms with van der Waals surface area (Å²) in [6.45, 7) is 1.85. The third-order valence-corrected chi connectivity index (χ3v) is 2.15. The molecule has 0 unspecified atom stereocenters. The fourth-order valence-electron chi connectivity index (χ4n) is 1.05. The molecule has 0 spiro atoms. The van der Waals surface area contributed by atoms with Gasteiger partial charge in [0.2, 0.25) is 0 Å². The Bertz CT molecular complexity index is 503. The predicted molar refractivity (Wildman–Crippen MR) is 68.2 cm³/mol. The number of nitriles is 1. The van der Waals surface area contributed by atoms with Crippen molar-refractivity contribution in [2.75, 3.05) is 11.9 Å². The van der Waals surface area contributed by atoms with Crippen LogP contribution in [0.15, 0.2) is 23.9 Å². The van der Waals surface area contributed by atoms with Gasteiger partial charge in [-0.15, -0.1) is 0 Å². The Kier molecular flexibility index (Phi) is 5.43. The molecule has 0 saturated heterocycles. The number of carbonyl (C=O) groups is 1. The molecule has 18 heavy (non-hydrogen) atoms. The van der Waals surface area contributed by atoms with Gasteiger partial charge in [0.25, 0.3) is 0 Å². The molecule has 0 fully saturated rings. The Morgan fingerprint density at radius 3 is 2.67 bits per heavy atom. The first kappa shape index (κ1) is 14.3. The van der Waals surface area contributed by atoms with E-state index in [9.17, 15) is 4.79 Å². The zero-order valence-electron chi connectivity index (χ0n) is 9.41. The largest absolute Gasteiger partial charge is 0.462 e. The summed E-state index contributed by atoms with van der Waals surface area (Å²) in [4.78, 5) is 15.1. The molecule has 1 N–H and O–H groups in total. The molecule has 1 aromatic heterocycles. The normalized spacial score (nSPS) is 10.7. The Hall–Kier alpha value is -1.77. The second-order valence-corrected chi connectivity index (χ2v) is 3.81. The molecule has 0 aliphatic rings. The van der Waals surface area contributed by atoms with E-state index >= 15 is 0 Å². The van der Waals surface area contributed by atoms with Crippen LogP contribution >= 0.6 is 23.2 Å². The van der Waals surface area contributed by atoms with Crippen molar-refractivity contribution in [1.29, 1.82) is 5.26 Å². The van der Waals surface area contributed by atoms with Gasteiger partial charge in [0.05, 0.1) is 6.61 Å². The molecule has 0 aliphatic heterocycles. The molecule has 0 radical (unpaired) electrons. The quantitative estimate of drug-likeness (QED) is 0.398. The van der Waals surface area contributed by atoms with Gasteiger partial charge in [0.1, 0.15) is 16.4 Å². The van der Waals surface area contributed by atoms with Crippen LogP contribution in [0.1, 0.15) is 6.92 Å². The molecule has 1 rings (SSSR count). The number of hydrogen-bond acceptors (Lipinski definition) is 5. The standard InChI is InChI=1S/C11H9Cl2N3O2/c1-2-18-11(17)7(5-14)6-15-8-3-9(12)16-10(13)4-8/h3-4,6H,2H2,1H3,(H,15,16)/b7-6+. The van der Waals surface area contributed by atoms with Gasteiger partial charge in [0.15, 0.2) is 5.57 Å². The fourth-order valence-corrected chi connectivity index (χ4v) is 1.51. The second-order valence-electron chi connectivity index (χ2n) is 3.04. The van der Waals surface area contributed by atoms with Crippen LogP contribution in [0.3, 0.4) is 0 Å². The van der Waals surface area contributed by atoms with Crippen LogP contribution in [0, 0.1) is 11.3 Å². The van der Waals surface area contributed by atoms with Crippen LogP contribution in [0.25, 0.3) is 0 Å². The highest BCUT2D eigenvalue weighted by molar-refractivity contribution is 6.32. The van der Waals surface area contributed by atoms with E-state index in [0.717, 1.165) is 0 Å². The minimum Gasteiger partial charge on any atom is -0.462 e. The van der Waals surface area contributed by atoms with E-state index in [4.69, 9.17) is 33.2 Å². The molecule has 0 atom stereocenters. The van der Waals surface area contributed by atoms with Crippen molar-refractivity contribution in [1.82, 2.24) is 4.98 Å². The Morgan fingerprint density at radius 1 is 1.56 bits per heavy atom. The topological polar surface area (TPSA) is 75.0 Å². The zero-order chi connectivity index (χ0) is 13.5. The number of halogens is 2. The van der Waals surface area contributed by atoms with Crippen LogP contribution in [0.5, 0.6) is 0 Å². The van der Waals surface area contributed by atoms with Crippen molar-refractivity contribution in [2.24, 2.45) is 0 Å². The maximum Gasteiger partial charge on any atom is 0.350 e. The van der Waals surface area contributed by atoms with Gasteiger partial charge in [-0.3, -0.25) is 0 Å². The summed E-state index contributed by atoms with van der Waals surface area (Å²) in [6.07, 6.45) is 1.22. The van der Waals surface area contributed by atoms with E-state index in [1.807, 2.05) is 0 Å². The van der Waals surface area contributed by atoms with Crippen molar-refractivity contribution in [3.05, 3.63) is 34.2 Å². The Balaban J connectivity index is 2.83. The molecule has 0 aliphatic carbocycles. The van der Waals surface area contributed by atoms with Gasteiger partial charge in [0, 0.05) is 11.9 Å². The average molecular weight is 286 g/mol. The van der Waals surface area contributed by atoms with Crippen LogP contribution in [0.2, 0.25) is 10.3 Å². The second kappa shape index (κ2) is 6.84. The number of nitrogens with one attached hydrogen (secondary N) is 1. The molecule has 5 nitrogen and oxygen atoms in total. The molecule has 7 heteroatoms. The molecule has 1 aromatic rings. The summed E-state index contributed by atoms with van der Waals surface area (Å²) in [5.74, 6) is -0.696. The SMILES string of the molecule is CCOC(=O)/C(C#N)=C/Nc1cc(Cl)nc(Cl)c1. The smallest absolute Gasteiger partial charge is 0.350 e. The first-order valence-electron chi connectivity index (χ1n) is 4.93. The van der Waals surface area contributed by atoms with Gasteiger partial charge < -0.3 is 10.1 Å². The van der Waals surface area contributed by atoms with Crippen molar-refractivity contribution in [3.63, 3.8) is 0 Å². The maximum absolute atomic E-state index is 11.3. The third kappa shape index (κ3) is 4.24. The van der Waals surface area contributed by atoms with E-state index in [-0.39, 0.29) is 22.5 Å². The molecular weight excluding hydrogens is 277 g/mol. The van der Waals surface area contributed by atoms with E-state index < -0.39 is 5.97 Å². The number of rotatable bonds is 4. The van der Waals surface area contributed by atoms with Crippen LogP contribution < -0.4 is 5.32 Å². The summed E-state index contributed by atoms with van der Waals surface area (Å²) in [6, 6.07) is 4.74. The summed E-state index contributed by atoms with van der Waals surface area (Å²) >= 11 is 11.4. The van der Waals surface area contributed by atoms with Gasteiger partial charge in [-0.25, -0.2) is 9.78 Å². The third-order valence-electron chi connectivity index (χ3n) is 1.76. The lowest BCUT2D eigenvalue weighted by Crippen LogP contribution is -2.07. The average Bonchev–Trinajstić information content (AvgIpc) is 2.29. The van der Waals surface area contributed by atoms with Gasteiger partial charge >= 0.3 is 5.97 Å². The number of pyridine rings is 1. The summed E-state index contributed by atoms with van der Waals surface area (Å²) in [7, 11) is 0. The Morgan fingerprint density at radius 2 is 2.17 bits per heavy atom. The van der Waals surface area contributed by atoms with Crippen molar-refractivity contribution >= 4 is 34.9 Å². The lowest BCUT2D eigenvalue weighted by Gasteiger charge is -2.03. The van der Waals surface area contributed by atoms with Gasteiger partial charge in [-0.05, 0) is 19.1 Å². The fraction of sp³-hybridized carbons (Fsp3) is 0.182. The van der Waals surface area contributed by atoms with Crippen molar-refractivity contribution < 1.29 is 9.53 Å². The van der Waals surface area contributed by atoms with E-state index in [1.54, 1.807) is 13.0 Å². The monoisotopic (exact) mass is 285 g/mol. The first-order valence-corrected chi connectivity index (χ1v) is 5.69. The first-order chi connectivity index (χ1) is 8.56. The number of nitrogens with zero attached hydrogens (tertiary/aromatic N) is 2. The highest BCUT2D eigenvalue weighted by atomic mass is 35.5. The number of carbonyl (C=O) groups excluding carboxylic acids is 1. The molecule has 1 heterocycles. The summed E-state index contributed by atoms with van der Waals surface area (Å²) in [5, 5.41) is 11.9. The summed E-state index contributed by atoms with van der Waals surface area (Å²) < 4.78 is 4.70. The molecule has 94 valence electrons. The van der Waals surface area contributed by atoms with Crippen LogP contribution in [0.4, 0.5) is 5.69 Å². The van der Waals surface area contributed by atoms with Gasteiger partial charge in [-0.1, -0.05) is 23.2 Å². The minimum atomic E-state index is -0.696. The molecule has 0 saturated carbocycles. The van der Waals surface area contributed by atoms with Crippen molar-refractivity contribution in [3.8, 4) is 6.07 Å². The van der Waals surface area contributed by atoms with E-state index in [2.05, 4.69) is 10.3 Å². The lowest BCUT2D eigenvalue weighted by molar-refractivity contribution is -0.138. The number of ether oxygens (including phenoxy) is 1. The van der Waals surface area contributed by atoms with E-state index in [0.29, 0.717) is 5.69 Å². The molecule has 0 aromatic carbocycles. The van der Waals surface area contributed by atoms with Crippen molar-refractivity contribution in [2.45, 2.75) is 6.92 Å². The highest BCUT2D eigenvalue weighted by Crippen LogP contribution is 2.18.